The van der Waals surface area contributed by atoms with Gasteiger partial charge in [-0.1, -0.05) is 146 Å². The Morgan fingerprint density at radius 1 is 0.340 bits per heavy atom. The molecule has 2 aliphatic rings. The second-order valence-corrected chi connectivity index (χ2v) is 13.2. The third kappa shape index (κ3) is 4.63. The summed E-state index contributed by atoms with van der Waals surface area (Å²) in [7, 11) is 0. The summed E-state index contributed by atoms with van der Waals surface area (Å²) < 4.78 is 0. The minimum atomic E-state index is 0.0269. The Bertz CT molecular complexity index is 2530. The zero-order valence-electron chi connectivity index (χ0n) is 27.4. The van der Waals surface area contributed by atoms with Gasteiger partial charge in [0.2, 0.25) is 0 Å². The van der Waals surface area contributed by atoms with Gasteiger partial charge in [-0.2, -0.15) is 0 Å². The molecule has 0 radical (unpaired) electrons. The molecule has 0 amide bonds. The Hall–Kier alpha value is -6.45. The highest BCUT2D eigenvalue weighted by molar-refractivity contribution is 6.92. The summed E-state index contributed by atoms with van der Waals surface area (Å²) in [6, 6.07) is 66.4. The summed E-state index contributed by atoms with van der Waals surface area (Å²) in [4.78, 5) is 7.15. The van der Waals surface area contributed by atoms with E-state index in [0.717, 1.165) is 11.3 Å². The molecule has 0 aliphatic carbocycles. The van der Waals surface area contributed by atoms with Crippen LogP contribution in [-0.4, -0.2) is 11.8 Å². The number of hydrogen-bond acceptors (Lipinski definition) is 2. The number of pyridine rings is 1. The topological polar surface area (TPSA) is 16.1 Å². The highest BCUT2D eigenvalue weighted by Crippen LogP contribution is 2.48. The Morgan fingerprint density at radius 2 is 0.840 bits per heavy atom. The van der Waals surface area contributed by atoms with Crippen molar-refractivity contribution in [3.8, 4) is 66.9 Å². The van der Waals surface area contributed by atoms with E-state index in [1.165, 1.54) is 77.9 Å². The van der Waals surface area contributed by atoms with Crippen molar-refractivity contribution in [1.82, 2.24) is 4.98 Å². The summed E-state index contributed by atoms with van der Waals surface area (Å²) in [6.45, 7) is 0.0269. The first kappa shape index (κ1) is 28.6. The van der Waals surface area contributed by atoms with Crippen LogP contribution in [0.5, 0.6) is 0 Å². The number of nitrogens with zero attached hydrogens (tertiary/aromatic N) is 2. The predicted octanol–water partition coefficient (Wildman–Crippen LogP) is 10.7. The fourth-order valence-corrected chi connectivity index (χ4v) is 7.96. The van der Waals surface area contributed by atoms with Gasteiger partial charge in [0.25, 0.3) is 0 Å². The van der Waals surface area contributed by atoms with E-state index in [9.17, 15) is 0 Å². The molecule has 2 nitrogen and oxygen atoms in total. The van der Waals surface area contributed by atoms with Gasteiger partial charge in [0.15, 0.2) is 0 Å². The van der Waals surface area contributed by atoms with Crippen LogP contribution in [-0.2, 0) is 0 Å². The molecule has 8 aromatic rings. The zero-order chi connectivity index (χ0) is 33.0. The monoisotopic (exact) mass is 634 g/mol. The molecule has 232 valence electrons. The fourth-order valence-electron chi connectivity index (χ4n) is 7.96. The smallest absolute Gasteiger partial charge is 0.329 e. The number of fused-ring (bicyclic) bond motifs is 11. The fraction of sp³-hybridized carbons (Fsp3) is 0. The van der Waals surface area contributed by atoms with Crippen LogP contribution in [0.1, 0.15) is 0 Å². The first-order valence-corrected chi connectivity index (χ1v) is 17.2. The van der Waals surface area contributed by atoms with Crippen molar-refractivity contribution in [2.24, 2.45) is 0 Å². The van der Waals surface area contributed by atoms with Gasteiger partial charge in [0.1, 0.15) is 0 Å². The highest BCUT2D eigenvalue weighted by atomic mass is 15.1. The maximum atomic E-state index is 4.56. The molecule has 0 spiro atoms. The maximum Gasteiger partial charge on any atom is 0.329 e. The second kappa shape index (κ2) is 11.6. The van der Waals surface area contributed by atoms with Gasteiger partial charge < -0.3 is 4.81 Å². The van der Waals surface area contributed by atoms with Crippen molar-refractivity contribution >= 4 is 29.1 Å². The predicted molar refractivity (Wildman–Crippen MR) is 210 cm³/mol. The molecular weight excluding hydrogens is 603 g/mol. The van der Waals surface area contributed by atoms with Gasteiger partial charge in [-0.25, -0.2) is 0 Å². The maximum absolute atomic E-state index is 4.56. The number of aromatic nitrogens is 1. The zero-order valence-corrected chi connectivity index (χ0v) is 27.4. The minimum Gasteiger partial charge on any atom is -0.376 e. The molecule has 1 aromatic heterocycles. The van der Waals surface area contributed by atoms with Crippen LogP contribution in [0.2, 0.25) is 0 Å². The molecule has 10 rings (SSSR count). The summed E-state index contributed by atoms with van der Waals surface area (Å²) in [5.74, 6) is 0. The molecule has 0 saturated carbocycles. The Labute approximate surface area is 293 Å². The van der Waals surface area contributed by atoms with E-state index in [1.54, 1.807) is 0 Å². The first-order valence-electron chi connectivity index (χ1n) is 17.2. The number of hydrogen-bond donors (Lipinski definition) is 0. The van der Waals surface area contributed by atoms with Crippen LogP contribution in [0.15, 0.2) is 188 Å². The molecule has 0 N–H and O–H groups in total. The third-order valence-corrected chi connectivity index (χ3v) is 10.3. The van der Waals surface area contributed by atoms with Gasteiger partial charge in [0, 0.05) is 34.3 Å². The average molecular weight is 635 g/mol. The number of benzene rings is 7. The minimum absolute atomic E-state index is 0.0269. The normalized spacial score (nSPS) is 12.3. The van der Waals surface area contributed by atoms with E-state index in [4.69, 9.17) is 0 Å². The number of rotatable bonds is 4. The Balaban J connectivity index is 1.18. The van der Waals surface area contributed by atoms with Crippen LogP contribution in [0, 0.1) is 0 Å². The molecule has 50 heavy (non-hydrogen) atoms. The van der Waals surface area contributed by atoms with E-state index in [1.807, 2.05) is 18.3 Å². The van der Waals surface area contributed by atoms with Crippen LogP contribution in [0.25, 0.3) is 66.9 Å². The van der Waals surface area contributed by atoms with Crippen molar-refractivity contribution in [1.29, 1.82) is 0 Å². The lowest BCUT2D eigenvalue weighted by Gasteiger charge is -2.43. The van der Waals surface area contributed by atoms with Gasteiger partial charge in [-0.15, -0.1) is 0 Å². The summed E-state index contributed by atoms with van der Waals surface area (Å²) in [5.41, 5.74) is 19.6. The number of anilines is 2. The van der Waals surface area contributed by atoms with Crippen molar-refractivity contribution in [2.75, 3.05) is 4.81 Å². The SMILES string of the molecule is c1ccc(-c2ccc3c(c2)-c2ccccc2B2c4cc(-c5ccc(-c6ccccn6)cc5)ccc4-c4cc(-c5ccccc5)ccc4N23)cc1. The van der Waals surface area contributed by atoms with E-state index in [2.05, 4.69) is 180 Å². The standard InChI is InChI=1S/C47H31BN2/c1-3-11-32(12-4-1)36-23-26-46-41(29-36)39-15-7-8-16-43(39)48-44-31-38(34-18-20-35(21-19-34)45-17-9-10-28-49-45)22-25-40(44)42-30-37(24-27-47(42)50(46)48)33-13-5-2-6-14-33/h1-31H. The lowest BCUT2D eigenvalue weighted by molar-refractivity contribution is 1.33. The highest BCUT2D eigenvalue weighted by Gasteiger charge is 2.42. The Morgan fingerprint density at radius 3 is 1.48 bits per heavy atom. The van der Waals surface area contributed by atoms with Crippen LogP contribution >= 0.6 is 0 Å². The molecule has 0 unspecified atom stereocenters. The summed E-state index contributed by atoms with van der Waals surface area (Å²) in [6.07, 6.45) is 1.85. The average Bonchev–Trinajstić information content (AvgIpc) is 3.21. The lowest BCUT2D eigenvalue weighted by Crippen LogP contribution is -2.59. The third-order valence-electron chi connectivity index (χ3n) is 10.3. The Kier molecular flexibility index (Phi) is 6.63. The van der Waals surface area contributed by atoms with E-state index in [0.29, 0.717) is 0 Å². The molecule has 0 bridgehead atoms. The molecular formula is C47H31BN2. The quantitative estimate of drug-likeness (QED) is 0.179. The van der Waals surface area contributed by atoms with Gasteiger partial charge >= 0.3 is 6.85 Å². The molecule has 3 heteroatoms. The largest absolute Gasteiger partial charge is 0.376 e. The van der Waals surface area contributed by atoms with Gasteiger partial charge in [-0.3, -0.25) is 4.98 Å². The summed E-state index contributed by atoms with van der Waals surface area (Å²) >= 11 is 0. The van der Waals surface area contributed by atoms with Crippen molar-refractivity contribution in [3.63, 3.8) is 0 Å². The van der Waals surface area contributed by atoms with Crippen molar-refractivity contribution < 1.29 is 0 Å². The molecule has 0 saturated heterocycles. The van der Waals surface area contributed by atoms with E-state index < -0.39 is 0 Å². The molecule has 2 aliphatic heterocycles. The first-order chi connectivity index (χ1) is 24.8. The van der Waals surface area contributed by atoms with Crippen molar-refractivity contribution in [3.05, 3.63) is 188 Å². The van der Waals surface area contributed by atoms with Crippen LogP contribution in [0.4, 0.5) is 11.4 Å². The van der Waals surface area contributed by atoms with E-state index >= 15 is 0 Å². The molecule has 3 heterocycles. The van der Waals surface area contributed by atoms with E-state index in [-0.39, 0.29) is 6.85 Å². The van der Waals surface area contributed by atoms with Crippen LogP contribution < -0.4 is 15.7 Å². The van der Waals surface area contributed by atoms with Gasteiger partial charge in [0.05, 0.1) is 5.69 Å². The van der Waals surface area contributed by atoms with Gasteiger partial charge in [-0.05, 0) is 91.8 Å². The molecule has 0 fully saturated rings. The summed E-state index contributed by atoms with van der Waals surface area (Å²) in [5, 5.41) is 0. The second-order valence-electron chi connectivity index (χ2n) is 13.2. The van der Waals surface area contributed by atoms with Crippen LogP contribution in [0.3, 0.4) is 0 Å². The lowest BCUT2D eigenvalue weighted by atomic mass is 9.43. The molecule has 0 atom stereocenters. The van der Waals surface area contributed by atoms with Crippen molar-refractivity contribution in [2.45, 2.75) is 0 Å². The molecule has 7 aromatic carbocycles.